The predicted octanol–water partition coefficient (Wildman–Crippen LogP) is 8.36. The van der Waals surface area contributed by atoms with Crippen LogP contribution >= 0.6 is 23.5 Å². The molecule has 0 aromatic heterocycles. The van der Waals surface area contributed by atoms with Crippen molar-refractivity contribution in [2.24, 2.45) is 5.92 Å². The van der Waals surface area contributed by atoms with Crippen LogP contribution in [0.2, 0.25) is 0 Å². The van der Waals surface area contributed by atoms with Gasteiger partial charge in [0.25, 0.3) is 0 Å². The number of nitrogens with one attached hydrogen (secondary N) is 4. The molecule has 0 bridgehead atoms. The minimum atomic E-state index is -3.64. The summed E-state index contributed by atoms with van der Waals surface area (Å²) in [6.45, 7) is 2.93. The zero-order valence-corrected chi connectivity index (χ0v) is 44.8. The number of ether oxygens (including phenoxy) is 1. The minimum Gasteiger partial charge on any atom is -0.456 e. The van der Waals surface area contributed by atoms with E-state index in [9.17, 15) is 32.4 Å². The van der Waals surface area contributed by atoms with Crippen molar-refractivity contribution < 1.29 is 37.1 Å². The van der Waals surface area contributed by atoms with Gasteiger partial charge in [0.2, 0.25) is 23.6 Å². The lowest BCUT2D eigenvalue weighted by Crippen LogP contribution is -2.59. The maximum absolute atomic E-state index is 14.7. The van der Waals surface area contributed by atoms with Crippen molar-refractivity contribution in [2.75, 3.05) is 30.1 Å². The molecule has 1 fully saturated rings. The van der Waals surface area contributed by atoms with Gasteiger partial charge in [0.05, 0.1) is 21.7 Å². The molecule has 0 saturated carbocycles. The number of benzene rings is 6. The lowest BCUT2D eigenvalue weighted by molar-refractivity contribution is -0.148. The predicted molar refractivity (Wildman–Crippen MR) is 300 cm³/mol. The third-order valence-electron chi connectivity index (χ3n) is 12.9. The summed E-state index contributed by atoms with van der Waals surface area (Å²) in [5.74, 6) is -4.08. The lowest BCUT2D eigenvalue weighted by atomic mass is 9.84. The van der Waals surface area contributed by atoms with E-state index in [1.807, 2.05) is 152 Å². The number of sulfone groups is 1. The van der Waals surface area contributed by atoms with Crippen molar-refractivity contribution in [1.82, 2.24) is 21.3 Å². The zero-order valence-electron chi connectivity index (χ0n) is 42.3. The molecule has 6 aromatic carbocycles. The number of esters is 1. The van der Waals surface area contributed by atoms with Gasteiger partial charge in [-0.15, -0.1) is 23.5 Å². The summed E-state index contributed by atoms with van der Waals surface area (Å²) in [6.07, 6.45) is 3.09. The first-order valence-corrected chi connectivity index (χ1v) is 29.1. The molecular weight excluding hydrogens is 1000 g/mol. The van der Waals surface area contributed by atoms with Crippen LogP contribution in [0.4, 0.5) is 0 Å². The van der Waals surface area contributed by atoms with E-state index < -0.39 is 97.8 Å². The SMILES string of the molecule is CC(C)[C@H]1NC(=O)[C@@H](CSC(c2ccccc2)(c2ccccc2)c2ccccc2)NC(=O)[C@@H](CCS(C)(=O)=O)NC(=O)C[C@H](/C=C/CCSC(c2ccccc2)(c2ccccc2)c2ccccc2)OC(=O)CNC1=O. The van der Waals surface area contributed by atoms with Gasteiger partial charge < -0.3 is 26.0 Å². The Morgan fingerprint density at radius 2 is 0.987 bits per heavy atom. The van der Waals surface area contributed by atoms with Crippen molar-refractivity contribution in [2.45, 2.75) is 66.8 Å². The average Bonchev–Trinajstić information content (AvgIpc) is 3.43. The number of cyclic esters (lactones) is 1. The first-order valence-electron chi connectivity index (χ1n) is 25.0. The van der Waals surface area contributed by atoms with E-state index in [-0.39, 0.29) is 12.2 Å². The molecule has 0 radical (unpaired) electrons. The molecule has 1 heterocycles. The topological polar surface area (TPSA) is 177 Å². The number of rotatable bonds is 18. The number of carbonyl (C=O) groups excluding carboxylic acids is 5. The van der Waals surface area contributed by atoms with Crippen LogP contribution in [-0.2, 0) is 48.0 Å². The summed E-state index contributed by atoms with van der Waals surface area (Å²) < 4.78 is 29.5. The highest BCUT2D eigenvalue weighted by molar-refractivity contribution is 8.01. The fourth-order valence-corrected chi connectivity index (χ4v) is 12.9. The Kier molecular flexibility index (Phi) is 19.7. The quantitative estimate of drug-likeness (QED) is 0.0283. The van der Waals surface area contributed by atoms with Crippen molar-refractivity contribution in [1.29, 1.82) is 0 Å². The Morgan fingerprint density at radius 1 is 0.573 bits per heavy atom. The Morgan fingerprint density at radius 3 is 1.40 bits per heavy atom. The van der Waals surface area contributed by atoms with Crippen molar-refractivity contribution in [3.63, 3.8) is 0 Å². The first-order chi connectivity index (χ1) is 36.2. The standard InChI is InChI=1S/C60H64N4O8S3/c1-43(2)55-58(69)61-41-54(66)72-50(36-22-23-38-73-59(44-24-10-4-11-25-44,45-26-12-5-13-27-45)46-28-14-6-15-29-46)40-53(65)62-51(37-39-75(3,70)71)56(67)63-52(57(68)64-55)42-74-60(47-30-16-7-17-31-47,48-32-18-8-19-33-48)49-34-20-9-21-35-49/h4-22,24-36,43,50-52,55H,23,37-42H2,1-3H3,(H,61,69)(H,62,65)(H,63,67)(H,64,68)/b36-22+/t50-,51+,52+,55+/m0/s1. The fraction of sp³-hybridized carbons (Fsp3) is 0.283. The second kappa shape index (κ2) is 26.5. The molecule has 7 rings (SSSR count). The molecule has 6 aromatic rings. The highest BCUT2D eigenvalue weighted by Gasteiger charge is 2.41. The fourth-order valence-electron chi connectivity index (χ4n) is 9.18. The number of amides is 4. The molecular formula is C60H64N4O8S3. The van der Waals surface area contributed by atoms with Gasteiger partial charge in [0, 0.05) is 12.0 Å². The summed E-state index contributed by atoms with van der Waals surface area (Å²) in [6, 6.07) is 56.3. The molecule has 1 saturated heterocycles. The normalized spacial score (nSPS) is 18.6. The van der Waals surface area contributed by atoms with E-state index in [0.29, 0.717) is 12.2 Å². The van der Waals surface area contributed by atoms with Crippen molar-refractivity contribution >= 4 is 63.0 Å². The summed E-state index contributed by atoms with van der Waals surface area (Å²) in [5.41, 5.74) is 6.00. The highest BCUT2D eigenvalue weighted by atomic mass is 32.2. The van der Waals surface area contributed by atoms with Gasteiger partial charge in [-0.3, -0.25) is 24.0 Å². The van der Waals surface area contributed by atoms with Gasteiger partial charge >= 0.3 is 5.97 Å². The molecule has 4 atom stereocenters. The zero-order chi connectivity index (χ0) is 53.3. The molecule has 0 spiro atoms. The van der Waals surface area contributed by atoms with Gasteiger partial charge in [0.15, 0.2) is 0 Å². The largest absolute Gasteiger partial charge is 0.456 e. The number of hydrogen-bond donors (Lipinski definition) is 4. The van der Waals surface area contributed by atoms with Gasteiger partial charge in [-0.05, 0) is 64.0 Å². The molecule has 75 heavy (non-hydrogen) atoms. The van der Waals surface area contributed by atoms with Crippen LogP contribution in [0.15, 0.2) is 194 Å². The van der Waals surface area contributed by atoms with Crippen LogP contribution in [0.25, 0.3) is 0 Å². The summed E-state index contributed by atoms with van der Waals surface area (Å²) in [7, 11) is -3.64. The Labute approximate surface area is 449 Å². The van der Waals surface area contributed by atoms with Gasteiger partial charge in [-0.2, -0.15) is 0 Å². The van der Waals surface area contributed by atoms with Gasteiger partial charge in [-0.25, -0.2) is 8.42 Å². The van der Waals surface area contributed by atoms with Crippen molar-refractivity contribution in [3.8, 4) is 0 Å². The van der Waals surface area contributed by atoms with Gasteiger partial charge in [0.1, 0.15) is 40.6 Å². The molecule has 12 nitrogen and oxygen atoms in total. The highest BCUT2D eigenvalue weighted by Crippen LogP contribution is 2.50. The molecule has 4 amide bonds. The van der Waals surface area contributed by atoms with E-state index in [1.165, 1.54) is 11.8 Å². The minimum absolute atomic E-state index is 0.0456. The Hall–Kier alpha value is -6.94. The smallest absolute Gasteiger partial charge is 0.326 e. The number of thioether (sulfide) groups is 2. The maximum Gasteiger partial charge on any atom is 0.326 e. The van der Waals surface area contributed by atoms with Crippen LogP contribution in [0.5, 0.6) is 0 Å². The molecule has 4 N–H and O–H groups in total. The van der Waals surface area contributed by atoms with Crippen LogP contribution in [0.3, 0.4) is 0 Å². The van der Waals surface area contributed by atoms with Crippen LogP contribution in [-0.4, -0.2) is 92.3 Å². The number of carbonyl (C=O) groups is 5. The summed E-state index contributed by atoms with van der Waals surface area (Å²) in [5, 5.41) is 11.0. The Bertz CT molecular complexity index is 2780. The summed E-state index contributed by atoms with van der Waals surface area (Å²) >= 11 is 3.14. The van der Waals surface area contributed by atoms with Gasteiger partial charge in [-0.1, -0.05) is 202 Å². The first kappa shape index (κ1) is 55.8. The van der Waals surface area contributed by atoms with E-state index in [0.717, 1.165) is 39.6 Å². The lowest BCUT2D eigenvalue weighted by Gasteiger charge is -2.37. The molecule has 390 valence electrons. The summed E-state index contributed by atoms with van der Waals surface area (Å²) in [4.78, 5) is 70.8. The van der Waals surface area contributed by atoms with Crippen LogP contribution in [0.1, 0.15) is 66.5 Å². The Balaban J connectivity index is 1.18. The average molecular weight is 1070 g/mol. The third kappa shape index (κ3) is 14.7. The second-order valence-electron chi connectivity index (χ2n) is 18.7. The monoisotopic (exact) mass is 1060 g/mol. The van der Waals surface area contributed by atoms with Crippen LogP contribution < -0.4 is 21.3 Å². The van der Waals surface area contributed by atoms with Crippen LogP contribution in [0, 0.1) is 5.92 Å². The second-order valence-corrected chi connectivity index (χ2v) is 23.5. The van der Waals surface area contributed by atoms with E-state index in [1.54, 1.807) is 31.7 Å². The molecule has 0 aliphatic carbocycles. The maximum atomic E-state index is 14.7. The number of hydrogen-bond acceptors (Lipinski definition) is 10. The van der Waals surface area contributed by atoms with Crippen molar-refractivity contribution in [3.05, 3.63) is 228 Å². The van der Waals surface area contributed by atoms with E-state index >= 15 is 0 Å². The molecule has 1 aliphatic heterocycles. The third-order valence-corrected chi connectivity index (χ3v) is 17.1. The van der Waals surface area contributed by atoms with E-state index in [2.05, 4.69) is 57.7 Å². The number of allylic oxidation sites excluding steroid dienone is 1. The molecule has 1 aliphatic rings. The molecule has 15 heteroatoms. The van der Waals surface area contributed by atoms with E-state index in [4.69, 9.17) is 4.74 Å². The molecule has 0 unspecified atom stereocenters.